The van der Waals surface area contributed by atoms with E-state index in [4.69, 9.17) is 9.47 Å². The Bertz CT molecular complexity index is 750. The molecule has 2 aromatic rings. The molecule has 0 saturated carbocycles. The SMILES string of the molecule is CCN1CC(CN(C)C(=O)c2cccnc2OC)Oc2ccccc21. The van der Waals surface area contributed by atoms with Crippen LogP contribution in [0.25, 0.3) is 0 Å². The van der Waals surface area contributed by atoms with E-state index in [9.17, 15) is 4.79 Å². The number of pyridine rings is 1. The van der Waals surface area contributed by atoms with Gasteiger partial charge in [0, 0.05) is 19.8 Å². The first-order valence-corrected chi connectivity index (χ1v) is 8.39. The maximum Gasteiger partial charge on any atom is 0.259 e. The Labute approximate surface area is 148 Å². The number of ether oxygens (including phenoxy) is 2. The monoisotopic (exact) mass is 341 g/mol. The number of amides is 1. The molecule has 1 aliphatic heterocycles. The minimum absolute atomic E-state index is 0.0912. The number of aromatic nitrogens is 1. The van der Waals surface area contributed by atoms with Crippen LogP contribution in [0.4, 0.5) is 5.69 Å². The first-order valence-electron chi connectivity index (χ1n) is 8.39. The minimum Gasteiger partial charge on any atom is -0.485 e. The highest BCUT2D eigenvalue weighted by Gasteiger charge is 2.27. The topological polar surface area (TPSA) is 54.9 Å². The molecule has 1 aromatic heterocycles. The molecule has 1 aromatic carbocycles. The molecule has 1 aliphatic rings. The normalized spacial score (nSPS) is 16.0. The van der Waals surface area contributed by atoms with E-state index in [-0.39, 0.29) is 12.0 Å². The number of carbonyl (C=O) groups excluding carboxylic acids is 1. The van der Waals surface area contributed by atoms with E-state index in [1.54, 1.807) is 30.3 Å². The van der Waals surface area contributed by atoms with Crippen molar-refractivity contribution < 1.29 is 14.3 Å². The summed E-state index contributed by atoms with van der Waals surface area (Å²) in [6.45, 7) is 4.25. The lowest BCUT2D eigenvalue weighted by Gasteiger charge is -2.37. The van der Waals surface area contributed by atoms with Gasteiger partial charge in [0.05, 0.1) is 25.9 Å². The number of hydrogen-bond acceptors (Lipinski definition) is 5. The molecular formula is C19H23N3O3. The van der Waals surface area contributed by atoms with Crippen molar-refractivity contribution in [1.29, 1.82) is 0 Å². The van der Waals surface area contributed by atoms with Crippen LogP contribution in [0.2, 0.25) is 0 Å². The number of hydrogen-bond donors (Lipinski definition) is 0. The number of rotatable bonds is 5. The summed E-state index contributed by atoms with van der Waals surface area (Å²) in [5.41, 5.74) is 1.56. The first kappa shape index (κ1) is 17.1. The van der Waals surface area contributed by atoms with Gasteiger partial charge in [0.25, 0.3) is 5.91 Å². The van der Waals surface area contributed by atoms with Crippen molar-refractivity contribution in [3.05, 3.63) is 48.2 Å². The Hall–Kier alpha value is -2.76. The highest BCUT2D eigenvalue weighted by Crippen LogP contribution is 2.33. The van der Waals surface area contributed by atoms with Crippen LogP contribution >= 0.6 is 0 Å². The number of likely N-dealkylation sites (N-methyl/N-ethyl adjacent to an activating group) is 2. The molecule has 25 heavy (non-hydrogen) atoms. The van der Waals surface area contributed by atoms with E-state index in [1.165, 1.54) is 7.11 Å². The van der Waals surface area contributed by atoms with Crippen LogP contribution < -0.4 is 14.4 Å². The van der Waals surface area contributed by atoms with Gasteiger partial charge in [-0.15, -0.1) is 0 Å². The van der Waals surface area contributed by atoms with Crippen LogP contribution in [0.15, 0.2) is 42.6 Å². The number of benzene rings is 1. The average molecular weight is 341 g/mol. The molecule has 6 heteroatoms. The van der Waals surface area contributed by atoms with Crippen molar-refractivity contribution in [2.75, 3.05) is 38.7 Å². The van der Waals surface area contributed by atoms with Crippen LogP contribution in [0.1, 0.15) is 17.3 Å². The van der Waals surface area contributed by atoms with Crippen molar-refractivity contribution in [2.45, 2.75) is 13.0 Å². The van der Waals surface area contributed by atoms with Crippen LogP contribution in [-0.2, 0) is 0 Å². The van der Waals surface area contributed by atoms with Gasteiger partial charge in [-0.3, -0.25) is 4.79 Å². The zero-order valence-corrected chi connectivity index (χ0v) is 14.8. The number of nitrogens with zero attached hydrogens (tertiary/aromatic N) is 3. The van der Waals surface area contributed by atoms with Crippen molar-refractivity contribution in [3.8, 4) is 11.6 Å². The quantitative estimate of drug-likeness (QED) is 0.836. The zero-order chi connectivity index (χ0) is 17.8. The van der Waals surface area contributed by atoms with Gasteiger partial charge in [-0.1, -0.05) is 12.1 Å². The van der Waals surface area contributed by atoms with Gasteiger partial charge in [-0.05, 0) is 31.2 Å². The van der Waals surface area contributed by atoms with Crippen molar-refractivity contribution in [1.82, 2.24) is 9.88 Å². The lowest BCUT2D eigenvalue weighted by atomic mass is 10.1. The summed E-state index contributed by atoms with van der Waals surface area (Å²) in [5.74, 6) is 1.07. The highest BCUT2D eigenvalue weighted by atomic mass is 16.5. The van der Waals surface area contributed by atoms with Gasteiger partial charge in [-0.25, -0.2) is 4.98 Å². The molecule has 1 atom stereocenters. The number of para-hydroxylation sites is 2. The molecule has 1 amide bonds. The molecule has 2 heterocycles. The van der Waals surface area contributed by atoms with Crippen LogP contribution in [0.3, 0.4) is 0 Å². The average Bonchev–Trinajstić information content (AvgIpc) is 2.66. The van der Waals surface area contributed by atoms with Gasteiger partial charge in [0.15, 0.2) is 0 Å². The Morgan fingerprint density at radius 1 is 1.36 bits per heavy atom. The van der Waals surface area contributed by atoms with Crippen molar-refractivity contribution in [3.63, 3.8) is 0 Å². The molecule has 3 rings (SSSR count). The summed E-state index contributed by atoms with van der Waals surface area (Å²) < 4.78 is 11.3. The van der Waals surface area contributed by atoms with E-state index in [2.05, 4.69) is 22.9 Å². The fourth-order valence-electron chi connectivity index (χ4n) is 3.08. The predicted molar refractivity (Wildman–Crippen MR) is 96.5 cm³/mol. The minimum atomic E-state index is -0.129. The number of anilines is 1. The molecule has 6 nitrogen and oxygen atoms in total. The first-order chi connectivity index (χ1) is 12.1. The molecule has 0 saturated heterocycles. The zero-order valence-electron chi connectivity index (χ0n) is 14.8. The second-order valence-corrected chi connectivity index (χ2v) is 5.99. The summed E-state index contributed by atoms with van der Waals surface area (Å²) in [7, 11) is 3.29. The third kappa shape index (κ3) is 3.52. The molecule has 132 valence electrons. The molecule has 0 radical (unpaired) electrons. The highest BCUT2D eigenvalue weighted by molar-refractivity contribution is 5.96. The lowest BCUT2D eigenvalue weighted by molar-refractivity contribution is 0.0705. The molecule has 0 aliphatic carbocycles. The summed E-state index contributed by atoms with van der Waals surface area (Å²) in [5, 5.41) is 0. The fraction of sp³-hybridized carbons (Fsp3) is 0.368. The Morgan fingerprint density at radius 3 is 2.92 bits per heavy atom. The Balaban J connectivity index is 1.73. The lowest BCUT2D eigenvalue weighted by Crippen LogP contribution is -2.46. The van der Waals surface area contributed by atoms with Gasteiger partial charge in [0.1, 0.15) is 17.4 Å². The van der Waals surface area contributed by atoms with Crippen molar-refractivity contribution >= 4 is 11.6 Å². The van der Waals surface area contributed by atoms with Crippen LogP contribution in [0.5, 0.6) is 11.6 Å². The standard InChI is InChI=1S/C19H23N3O3/c1-4-22-13-14(25-17-10-6-5-9-16(17)22)12-21(2)19(23)15-8-7-11-20-18(15)24-3/h5-11,14H,4,12-13H2,1-3H3. The number of fused-ring (bicyclic) bond motifs is 1. The predicted octanol–water partition coefficient (Wildman–Crippen LogP) is 2.45. The maximum absolute atomic E-state index is 12.7. The van der Waals surface area contributed by atoms with E-state index in [0.29, 0.717) is 18.0 Å². The smallest absolute Gasteiger partial charge is 0.259 e. The van der Waals surface area contributed by atoms with E-state index in [1.807, 2.05) is 18.2 Å². The van der Waals surface area contributed by atoms with Crippen LogP contribution in [-0.4, -0.2) is 55.7 Å². The van der Waals surface area contributed by atoms with E-state index in [0.717, 1.165) is 24.5 Å². The van der Waals surface area contributed by atoms with Gasteiger partial charge >= 0.3 is 0 Å². The number of methoxy groups -OCH3 is 1. The molecular weight excluding hydrogens is 318 g/mol. The second-order valence-electron chi connectivity index (χ2n) is 5.99. The molecule has 0 N–H and O–H groups in total. The maximum atomic E-state index is 12.7. The van der Waals surface area contributed by atoms with Crippen LogP contribution in [0, 0.1) is 0 Å². The van der Waals surface area contributed by atoms with Gasteiger partial charge in [0.2, 0.25) is 5.88 Å². The van der Waals surface area contributed by atoms with Gasteiger partial charge in [-0.2, -0.15) is 0 Å². The van der Waals surface area contributed by atoms with E-state index < -0.39 is 0 Å². The van der Waals surface area contributed by atoms with Crippen molar-refractivity contribution in [2.24, 2.45) is 0 Å². The summed E-state index contributed by atoms with van der Waals surface area (Å²) >= 11 is 0. The Kier molecular flexibility index (Phi) is 5.07. The number of carbonyl (C=O) groups is 1. The van der Waals surface area contributed by atoms with Gasteiger partial charge < -0.3 is 19.3 Å². The largest absolute Gasteiger partial charge is 0.485 e. The van der Waals surface area contributed by atoms with E-state index >= 15 is 0 Å². The molecule has 0 spiro atoms. The summed E-state index contributed by atoms with van der Waals surface area (Å²) in [6.07, 6.45) is 1.52. The second kappa shape index (κ2) is 7.42. The molecule has 0 bridgehead atoms. The molecule has 1 unspecified atom stereocenters. The summed E-state index contributed by atoms with van der Waals surface area (Å²) in [6, 6.07) is 11.5. The molecule has 0 fully saturated rings. The third-order valence-electron chi connectivity index (χ3n) is 4.32. The summed E-state index contributed by atoms with van der Waals surface area (Å²) in [4.78, 5) is 20.8. The third-order valence-corrected chi connectivity index (χ3v) is 4.32. The Morgan fingerprint density at radius 2 is 2.16 bits per heavy atom. The fourth-order valence-corrected chi connectivity index (χ4v) is 3.08.